The average molecular weight is 135 g/mol. The average Bonchev–Trinajstić information content (AvgIpc) is 2.41. The van der Waals surface area contributed by atoms with E-state index in [-0.39, 0.29) is 0 Å². The smallest absolute Gasteiger partial charge is 0.244 e. The number of aromatic nitrogens is 1. The molecule has 0 fully saturated rings. The Morgan fingerprint density at radius 2 is 2.40 bits per heavy atom. The lowest BCUT2D eigenvalue weighted by molar-refractivity contribution is -0.531. The van der Waals surface area contributed by atoms with Crippen LogP contribution in [0.4, 0.5) is 0 Å². The molecule has 0 saturated carbocycles. The monoisotopic (exact) mass is 135 g/mol. The van der Waals surface area contributed by atoms with Crippen molar-refractivity contribution < 1.29 is 4.58 Å². The van der Waals surface area contributed by atoms with E-state index >= 15 is 0 Å². The summed E-state index contributed by atoms with van der Waals surface area (Å²) in [5.74, 6) is 0. The maximum absolute atomic E-state index is 2.20. The summed E-state index contributed by atoms with van der Waals surface area (Å²) in [5, 5.41) is 0. The van der Waals surface area contributed by atoms with Gasteiger partial charge in [-0.05, 0) is 19.1 Å². The highest BCUT2D eigenvalue weighted by Crippen LogP contribution is 2.18. The zero-order valence-electron chi connectivity index (χ0n) is 6.28. The maximum atomic E-state index is 2.20. The Balaban J connectivity index is 2.57. The van der Waals surface area contributed by atoms with E-state index in [0.717, 1.165) is 0 Å². The number of hydrogen-bond donors (Lipinski definition) is 0. The molecule has 0 aliphatic carbocycles. The molecule has 2 heteroatoms. The van der Waals surface area contributed by atoms with E-state index in [9.17, 15) is 0 Å². The second-order valence-corrected chi connectivity index (χ2v) is 2.80. The molecule has 0 aromatic carbocycles. The summed E-state index contributed by atoms with van der Waals surface area (Å²) in [4.78, 5) is 0. The van der Waals surface area contributed by atoms with Crippen LogP contribution in [0.3, 0.4) is 0 Å². The Hall–Kier alpha value is -1.05. The molecule has 2 rings (SSSR count). The second-order valence-electron chi connectivity index (χ2n) is 2.80. The van der Waals surface area contributed by atoms with Crippen LogP contribution < -0.4 is 0 Å². The van der Waals surface area contributed by atoms with Crippen LogP contribution in [0.25, 0.3) is 0 Å². The fraction of sp³-hybridized carbons (Fsp3) is 0.375. The molecule has 1 atom stereocenters. The van der Waals surface area contributed by atoms with Crippen molar-refractivity contribution in [3.8, 4) is 0 Å². The highest BCUT2D eigenvalue weighted by atomic mass is 15.2. The van der Waals surface area contributed by atoms with E-state index in [0.29, 0.717) is 6.04 Å². The van der Waals surface area contributed by atoms with Gasteiger partial charge in [-0.3, -0.25) is 4.58 Å². The van der Waals surface area contributed by atoms with E-state index in [4.69, 9.17) is 0 Å². The van der Waals surface area contributed by atoms with Crippen molar-refractivity contribution in [3.63, 3.8) is 0 Å². The molecular weight excluding hydrogens is 124 g/mol. The van der Waals surface area contributed by atoms with Gasteiger partial charge in [-0.25, -0.2) is 4.57 Å². The van der Waals surface area contributed by atoms with Crippen LogP contribution in [0.2, 0.25) is 0 Å². The van der Waals surface area contributed by atoms with Crippen LogP contribution in [-0.4, -0.2) is 22.5 Å². The molecule has 1 aromatic heterocycles. The van der Waals surface area contributed by atoms with Crippen molar-refractivity contribution in [1.82, 2.24) is 4.57 Å². The van der Waals surface area contributed by atoms with Crippen LogP contribution >= 0.6 is 0 Å². The standard InChI is InChI=1S/C8H11N2/c1-7-8-4-3-5-10(8)6-9(7)2/h3-7H,1-2H3/q+1. The van der Waals surface area contributed by atoms with E-state index in [2.05, 4.69) is 47.8 Å². The Kier molecular flexibility index (Phi) is 0.982. The van der Waals surface area contributed by atoms with Gasteiger partial charge in [0.15, 0.2) is 11.7 Å². The zero-order chi connectivity index (χ0) is 7.14. The summed E-state index contributed by atoms with van der Waals surface area (Å²) in [5.41, 5.74) is 1.38. The molecule has 2 nitrogen and oxygen atoms in total. The summed E-state index contributed by atoms with van der Waals surface area (Å²) in [6.45, 7) is 2.20. The van der Waals surface area contributed by atoms with Crippen LogP contribution in [0.1, 0.15) is 18.7 Å². The minimum atomic E-state index is 0.537. The maximum Gasteiger partial charge on any atom is 0.244 e. The SMILES string of the molecule is CC1c2cccn2C=[N+]1C. The Labute approximate surface area is 60.4 Å². The van der Waals surface area contributed by atoms with Crippen LogP contribution in [0.5, 0.6) is 0 Å². The third-order valence-electron chi connectivity index (χ3n) is 2.16. The third kappa shape index (κ3) is 0.561. The first-order valence-corrected chi connectivity index (χ1v) is 3.52. The molecule has 0 N–H and O–H groups in total. The highest BCUT2D eigenvalue weighted by Gasteiger charge is 2.23. The molecule has 0 radical (unpaired) electrons. The van der Waals surface area contributed by atoms with E-state index in [1.807, 2.05) is 0 Å². The molecule has 0 amide bonds. The van der Waals surface area contributed by atoms with Gasteiger partial charge in [0.2, 0.25) is 6.34 Å². The lowest BCUT2D eigenvalue weighted by atomic mass is 10.2. The molecular formula is C8H11N2+. The number of rotatable bonds is 0. The third-order valence-corrected chi connectivity index (χ3v) is 2.16. The van der Waals surface area contributed by atoms with E-state index < -0.39 is 0 Å². The quantitative estimate of drug-likeness (QED) is 0.470. The van der Waals surface area contributed by atoms with Crippen LogP contribution in [0, 0.1) is 0 Å². The van der Waals surface area contributed by atoms with Gasteiger partial charge in [0.25, 0.3) is 0 Å². The number of nitrogens with zero attached hydrogens (tertiary/aromatic N) is 2. The molecule has 0 spiro atoms. The van der Waals surface area contributed by atoms with Gasteiger partial charge < -0.3 is 0 Å². The van der Waals surface area contributed by atoms with Gasteiger partial charge >= 0.3 is 0 Å². The first-order chi connectivity index (χ1) is 4.79. The molecule has 10 heavy (non-hydrogen) atoms. The van der Waals surface area contributed by atoms with Crippen molar-refractivity contribution >= 4 is 6.34 Å². The highest BCUT2D eigenvalue weighted by molar-refractivity contribution is 5.57. The summed E-state index contributed by atoms with van der Waals surface area (Å²) < 4.78 is 4.36. The molecule has 1 aliphatic heterocycles. The van der Waals surface area contributed by atoms with Gasteiger partial charge in [-0.1, -0.05) is 0 Å². The van der Waals surface area contributed by atoms with Gasteiger partial charge in [0.1, 0.15) is 0 Å². The minimum Gasteiger partial charge on any atom is -0.260 e. The summed E-state index contributed by atoms with van der Waals surface area (Å²) in [6, 6.07) is 4.77. The van der Waals surface area contributed by atoms with E-state index in [1.165, 1.54) is 5.69 Å². The van der Waals surface area contributed by atoms with Gasteiger partial charge in [-0.2, -0.15) is 0 Å². The molecule has 0 bridgehead atoms. The van der Waals surface area contributed by atoms with Gasteiger partial charge in [0.05, 0.1) is 13.2 Å². The summed E-state index contributed by atoms with van der Waals surface area (Å²) in [7, 11) is 2.09. The van der Waals surface area contributed by atoms with E-state index in [1.54, 1.807) is 0 Å². The predicted octanol–water partition coefficient (Wildman–Crippen LogP) is 1.08. The normalized spacial score (nSPS) is 22.6. The lowest BCUT2D eigenvalue weighted by Gasteiger charge is -1.97. The molecule has 1 unspecified atom stereocenters. The van der Waals surface area contributed by atoms with Gasteiger partial charge in [-0.15, -0.1) is 0 Å². The molecule has 52 valence electrons. The summed E-state index contributed by atoms with van der Waals surface area (Å²) >= 11 is 0. The zero-order valence-corrected chi connectivity index (χ0v) is 6.28. The largest absolute Gasteiger partial charge is 0.260 e. The Morgan fingerprint density at radius 1 is 1.60 bits per heavy atom. The fourth-order valence-corrected chi connectivity index (χ4v) is 1.37. The first kappa shape index (κ1) is 5.71. The fourth-order valence-electron chi connectivity index (χ4n) is 1.37. The molecule has 0 saturated heterocycles. The van der Waals surface area contributed by atoms with Crippen molar-refractivity contribution in [3.05, 3.63) is 24.0 Å². The minimum absolute atomic E-state index is 0.537. The van der Waals surface area contributed by atoms with Crippen LogP contribution in [-0.2, 0) is 0 Å². The Morgan fingerprint density at radius 3 is 3.10 bits per heavy atom. The van der Waals surface area contributed by atoms with Crippen molar-refractivity contribution in [2.45, 2.75) is 13.0 Å². The predicted molar refractivity (Wildman–Crippen MR) is 40.5 cm³/mol. The summed E-state index contributed by atoms with van der Waals surface area (Å²) in [6.07, 6.45) is 4.19. The van der Waals surface area contributed by atoms with Crippen molar-refractivity contribution in [2.24, 2.45) is 0 Å². The molecule has 1 aromatic rings. The van der Waals surface area contributed by atoms with Crippen LogP contribution in [0.15, 0.2) is 18.3 Å². The number of hydrogen-bond acceptors (Lipinski definition) is 0. The van der Waals surface area contributed by atoms with Crippen molar-refractivity contribution in [1.29, 1.82) is 0 Å². The lowest BCUT2D eigenvalue weighted by Crippen LogP contribution is -2.04. The first-order valence-electron chi connectivity index (χ1n) is 3.52. The number of fused-ring (bicyclic) bond motifs is 1. The van der Waals surface area contributed by atoms with Crippen molar-refractivity contribution in [2.75, 3.05) is 7.05 Å². The second kappa shape index (κ2) is 1.72. The topological polar surface area (TPSA) is 7.94 Å². The molecule has 1 aliphatic rings. The molecule has 2 heterocycles. The van der Waals surface area contributed by atoms with Gasteiger partial charge in [0, 0.05) is 0 Å². The Bertz CT molecular complexity index is 283.